The van der Waals surface area contributed by atoms with Crippen molar-refractivity contribution in [2.45, 2.75) is 37.5 Å². The second kappa shape index (κ2) is 8.90. The van der Waals surface area contributed by atoms with Crippen molar-refractivity contribution < 1.29 is 15.0 Å². The average molecular weight is 462 g/mol. The molecule has 2 aromatic heterocycles. The molecule has 2 aliphatic heterocycles. The molecular weight excluding hydrogens is 434 g/mol. The van der Waals surface area contributed by atoms with Crippen LogP contribution in [0, 0.1) is 0 Å². The van der Waals surface area contributed by atoms with Crippen LogP contribution in [-0.4, -0.2) is 60.9 Å². The minimum absolute atomic E-state index is 0.145. The van der Waals surface area contributed by atoms with E-state index < -0.39 is 17.7 Å². The number of carbonyl (C=O) groups is 1. The van der Waals surface area contributed by atoms with Gasteiger partial charge in [0, 0.05) is 49.2 Å². The van der Waals surface area contributed by atoms with E-state index in [9.17, 15) is 19.8 Å². The number of likely N-dealkylation sites (tertiary alicyclic amines) is 1. The molecule has 2 aliphatic rings. The van der Waals surface area contributed by atoms with Crippen LogP contribution in [0.25, 0.3) is 11.3 Å². The largest absolute Gasteiger partial charge is 0.465 e. The number of hydrogen-bond acceptors (Lipinski definition) is 6. The van der Waals surface area contributed by atoms with Crippen molar-refractivity contribution >= 4 is 12.0 Å². The summed E-state index contributed by atoms with van der Waals surface area (Å²) >= 11 is 0. The molecule has 2 N–H and O–H groups in total. The molecule has 1 atom stereocenters. The van der Waals surface area contributed by atoms with Gasteiger partial charge in [0.05, 0.1) is 18.3 Å². The Morgan fingerprint density at radius 2 is 1.71 bits per heavy atom. The van der Waals surface area contributed by atoms with Crippen molar-refractivity contribution in [3.8, 4) is 11.3 Å². The minimum atomic E-state index is -0.920. The highest BCUT2D eigenvalue weighted by atomic mass is 16.4. The summed E-state index contributed by atoms with van der Waals surface area (Å²) in [5.74, 6) is 0.518. The van der Waals surface area contributed by atoms with Crippen molar-refractivity contribution in [3.63, 3.8) is 0 Å². The molecule has 0 saturated carbocycles. The molecule has 0 unspecified atom stereocenters. The van der Waals surface area contributed by atoms with Crippen LogP contribution in [0.2, 0.25) is 0 Å². The lowest BCUT2D eigenvalue weighted by Crippen LogP contribution is -2.61. The van der Waals surface area contributed by atoms with Gasteiger partial charge in [-0.05, 0) is 37.0 Å². The Morgan fingerprint density at radius 1 is 1.03 bits per heavy atom. The van der Waals surface area contributed by atoms with Gasteiger partial charge < -0.3 is 20.0 Å². The first-order valence-corrected chi connectivity index (χ1v) is 11.5. The molecule has 9 heteroatoms. The maximum Gasteiger partial charge on any atom is 0.407 e. The summed E-state index contributed by atoms with van der Waals surface area (Å²) in [5.41, 5.74) is 1.59. The maximum absolute atomic E-state index is 13.1. The van der Waals surface area contributed by atoms with Gasteiger partial charge in [-0.1, -0.05) is 30.3 Å². The topological polar surface area (TPSA) is 112 Å². The summed E-state index contributed by atoms with van der Waals surface area (Å²) in [7, 11) is 0. The fourth-order valence-corrected chi connectivity index (χ4v) is 5.11. The van der Waals surface area contributed by atoms with Crippen molar-refractivity contribution in [2.75, 3.05) is 24.5 Å². The highest BCUT2D eigenvalue weighted by Crippen LogP contribution is 2.40. The second-order valence-corrected chi connectivity index (χ2v) is 8.95. The molecule has 1 aromatic carbocycles. The number of benzene rings is 1. The van der Waals surface area contributed by atoms with E-state index >= 15 is 0 Å². The first kappa shape index (κ1) is 22.1. The smallest absolute Gasteiger partial charge is 0.407 e. The van der Waals surface area contributed by atoms with Crippen molar-refractivity contribution in [2.24, 2.45) is 0 Å². The van der Waals surface area contributed by atoms with Crippen molar-refractivity contribution in [1.82, 2.24) is 19.4 Å². The number of anilines is 1. The van der Waals surface area contributed by atoms with E-state index in [1.165, 1.54) is 11.0 Å². The van der Waals surface area contributed by atoms with Crippen LogP contribution in [0.4, 0.5) is 10.7 Å². The van der Waals surface area contributed by atoms with Crippen molar-refractivity contribution in [3.05, 3.63) is 76.8 Å². The summed E-state index contributed by atoms with van der Waals surface area (Å²) in [6, 6.07) is 14.6. The van der Waals surface area contributed by atoms with Crippen LogP contribution < -0.4 is 10.5 Å². The zero-order chi connectivity index (χ0) is 23.7. The highest BCUT2D eigenvalue weighted by molar-refractivity contribution is 5.65. The van der Waals surface area contributed by atoms with Crippen LogP contribution >= 0.6 is 0 Å². The van der Waals surface area contributed by atoms with Gasteiger partial charge in [-0.25, -0.2) is 9.78 Å². The summed E-state index contributed by atoms with van der Waals surface area (Å²) in [6.45, 7) is 1.56. The number of pyridine rings is 1. The zero-order valence-electron chi connectivity index (χ0n) is 18.7. The fourth-order valence-electron chi connectivity index (χ4n) is 5.11. The summed E-state index contributed by atoms with van der Waals surface area (Å²) in [5, 5.41) is 20.6. The number of hydrogen-bond donors (Lipinski definition) is 2. The first-order chi connectivity index (χ1) is 16.5. The van der Waals surface area contributed by atoms with E-state index in [0.717, 1.165) is 11.1 Å². The lowest BCUT2D eigenvalue weighted by molar-refractivity contribution is 0.0981. The molecule has 1 amide bonds. The summed E-state index contributed by atoms with van der Waals surface area (Å²) < 4.78 is 1.66. The van der Waals surface area contributed by atoms with Gasteiger partial charge in [0.25, 0.3) is 5.56 Å². The Morgan fingerprint density at radius 3 is 2.38 bits per heavy atom. The standard InChI is InChI=1S/C25H27N5O4/c31-21(19-4-2-1-3-5-19)17-30-23-27-20(18-6-11-26-12-7-18)16-22(32)29(23)15-10-25(30)8-13-28(14-9-25)24(33)34/h1-7,11-12,16,21,31H,8-10,13-15,17H2,(H,33,34)/t21-/m0/s1. The molecule has 5 rings (SSSR count). The summed E-state index contributed by atoms with van der Waals surface area (Å²) in [6.07, 6.45) is 3.51. The Balaban J connectivity index is 1.57. The van der Waals surface area contributed by atoms with E-state index in [0.29, 0.717) is 50.5 Å². The average Bonchev–Trinajstić information content (AvgIpc) is 2.87. The van der Waals surface area contributed by atoms with E-state index in [4.69, 9.17) is 4.98 Å². The minimum Gasteiger partial charge on any atom is -0.465 e. The molecule has 3 aromatic rings. The quantitative estimate of drug-likeness (QED) is 0.614. The highest BCUT2D eigenvalue weighted by Gasteiger charge is 2.45. The van der Waals surface area contributed by atoms with Gasteiger partial charge in [0.1, 0.15) is 0 Å². The molecule has 176 valence electrons. The SMILES string of the molecule is O=C(O)N1CCC2(CC1)CCn1c(nc(-c3ccncc3)cc1=O)N2C[C@H](O)c1ccccc1. The van der Waals surface area contributed by atoms with Gasteiger partial charge in [0.15, 0.2) is 0 Å². The number of piperidine rings is 1. The van der Waals surface area contributed by atoms with Crippen LogP contribution in [-0.2, 0) is 6.54 Å². The fraction of sp³-hybridized carbons (Fsp3) is 0.360. The number of amides is 1. The van der Waals surface area contributed by atoms with Crippen LogP contribution in [0.3, 0.4) is 0 Å². The van der Waals surface area contributed by atoms with E-state index in [1.807, 2.05) is 42.5 Å². The molecule has 1 spiro atoms. The molecule has 0 radical (unpaired) electrons. The normalized spacial score (nSPS) is 17.9. The number of fused-ring (bicyclic) bond motifs is 1. The Bertz CT molecular complexity index is 1220. The number of carboxylic acid groups (broad SMARTS) is 1. The summed E-state index contributed by atoms with van der Waals surface area (Å²) in [4.78, 5) is 37.1. The van der Waals surface area contributed by atoms with Gasteiger partial charge in [-0.3, -0.25) is 14.3 Å². The van der Waals surface area contributed by atoms with Gasteiger partial charge >= 0.3 is 6.09 Å². The second-order valence-electron chi connectivity index (χ2n) is 8.95. The number of nitrogens with zero attached hydrogens (tertiary/aromatic N) is 5. The van der Waals surface area contributed by atoms with Crippen LogP contribution in [0.1, 0.15) is 30.9 Å². The van der Waals surface area contributed by atoms with Gasteiger partial charge in [0.2, 0.25) is 5.95 Å². The molecular formula is C25H27N5O4. The number of β-amino-alcohol motifs (C(OH)–C–C–N with tert-alkyl or cyclic N) is 1. The predicted molar refractivity (Wildman–Crippen MR) is 127 cm³/mol. The third-order valence-corrected chi connectivity index (χ3v) is 7.08. The van der Waals surface area contributed by atoms with Crippen LogP contribution in [0.15, 0.2) is 65.7 Å². The predicted octanol–water partition coefficient (Wildman–Crippen LogP) is 2.76. The van der Waals surface area contributed by atoms with E-state index in [1.54, 1.807) is 17.0 Å². The molecule has 34 heavy (non-hydrogen) atoms. The van der Waals surface area contributed by atoms with Gasteiger partial charge in [-0.15, -0.1) is 0 Å². The molecule has 4 heterocycles. The molecule has 9 nitrogen and oxygen atoms in total. The van der Waals surface area contributed by atoms with E-state index in [-0.39, 0.29) is 12.1 Å². The third-order valence-electron chi connectivity index (χ3n) is 7.08. The maximum atomic E-state index is 13.1. The zero-order valence-corrected chi connectivity index (χ0v) is 18.7. The number of rotatable bonds is 4. The lowest BCUT2D eigenvalue weighted by atomic mass is 9.81. The number of aromatic nitrogens is 3. The third kappa shape index (κ3) is 4.03. The Labute approximate surface area is 196 Å². The number of aliphatic hydroxyl groups excluding tert-OH is 1. The molecule has 0 bridgehead atoms. The first-order valence-electron chi connectivity index (χ1n) is 11.5. The lowest BCUT2D eigenvalue weighted by Gasteiger charge is -2.52. The Hall–Kier alpha value is -3.72. The van der Waals surface area contributed by atoms with Crippen molar-refractivity contribution in [1.29, 1.82) is 0 Å². The molecule has 1 fully saturated rings. The van der Waals surface area contributed by atoms with Crippen LogP contribution in [0.5, 0.6) is 0 Å². The monoisotopic (exact) mass is 461 g/mol. The Kier molecular flexibility index (Phi) is 5.79. The molecule has 1 saturated heterocycles. The number of aliphatic hydroxyl groups is 1. The van der Waals surface area contributed by atoms with E-state index in [2.05, 4.69) is 9.88 Å². The van der Waals surface area contributed by atoms with Gasteiger partial charge in [-0.2, -0.15) is 0 Å². The molecule has 0 aliphatic carbocycles.